The van der Waals surface area contributed by atoms with Crippen molar-refractivity contribution in [1.29, 1.82) is 0 Å². The molecule has 5 rings (SSSR count). The van der Waals surface area contributed by atoms with Crippen LogP contribution in [0.2, 0.25) is 5.02 Å². The van der Waals surface area contributed by atoms with Crippen molar-refractivity contribution in [1.82, 2.24) is 0 Å². The minimum absolute atomic E-state index is 0.0959. The van der Waals surface area contributed by atoms with E-state index in [-0.39, 0.29) is 29.1 Å². The first kappa shape index (κ1) is 18.0. The molecule has 1 fully saturated rings. The molecule has 1 aliphatic carbocycles. The lowest BCUT2D eigenvalue weighted by Crippen LogP contribution is -2.11. The molecule has 146 valence electrons. The molecule has 5 nitrogen and oxygen atoms in total. The van der Waals surface area contributed by atoms with Gasteiger partial charge >= 0.3 is 0 Å². The van der Waals surface area contributed by atoms with E-state index < -0.39 is 5.91 Å². The first-order chi connectivity index (χ1) is 14.0. The van der Waals surface area contributed by atoms with Crippen molar-refractivity contribution in [3.05, 3.63) is 76.7 Å². The quantitative estimate of drug-likeness (QED) is 0.419. The van der Waals surface area contributed by atoms with E-state index in [2.05, 4.69) is 5.32 Å². The average molecular weight is 408 g/mol. The molecule has 1 amide bonds. The average Bonchev–Trinajstić information content (AvgIpc) is 3.19. The van der Waals surface area contributed by atoms with Crippen molar-refractivity contribution in [2.45, 2.75) is 18.3 Å². The summed E-state index contributed by atoms with van der Waals surface area (Å²) in [4.78, 5) is 12.5. The lowest BCUT2D eigenvalue weighted by molar-refractivity contribution is -0.110. The second-order valence-electron chi connectivity index (χ2n) is 7.55. The number of halogens is 1. The van der Waals surface area contributed by atoms with Crippen LogP contribution in [0.15, 0.2) is 59.2 Å². The standard InChI is InChI=1S/C23H18ClNO4/c24-17-11-18-16(20(22(28)25-18)21(27)19-2-1-9-29-19)10-15(17)13-3-5-14(6-4-13)23(12-26)7-8-23/h1-6,9-11,26-27H,7-8,12H2,(H,25,28)/b21-20-. The third-order valence-corrected chi connectivity index (χ3v) is 6.12. The molecule has 2 aliphatic rings. The van der Waals surface area contributed by atoms with Crippen molar-refractivity contribution in [2.75, 3.05) is 11.9 Å². The molecule has 0 atom stereocenters. The van der Waals surface area contributed by atoms with Gasteiger partial charge in [-0.25, -0.2) is 0 Å². The summed E-state index contributed by atoms with van der Waals surface area (Å²) in [5.74, 6) is -0.396. The monoisotopic (exact) mass is 407 g/mol. The minimum atomic E-state index is -0.406. The second kappa shape index (κ2) is 6.51. The van der Waals surface area contributed by atoms with Gasteiger partial charge < -0.3 is 19.9 Å². The van der Waals surface area contributed by atoms with Gasteiger partial charge in [-0.15, -0.1) is 0 Å². The molecular weight excluding hydrogens is 390 g/mol. The molecule has 0 radical (unpaired) electrons. The Bertz CT molecular complexity index is 1140. The summed E-state index contributed by atoms with van der Waals surface area (Å²) in [6, 6.07) is 14.7. The van der Waals surface area contributed by atoms with Crippen molar-refractivity contribution in [3.63, 3.8) is 0 Å². The Balaban J connectivity index is 1.59. The van der Waals surface area contributed by atoms with Crippen LogP contribution in [-0.2, 0) is 10.2 Å². The fourth-order valence-electron chi connectivity index (χ4n) is 3.88. The van der Waals surface area contributed by atoms with E-state index >= 15 is 0 Å². The van der Waals surface area contributed by atoms with Gasteiger partial charge in [0.15, 0.2) is 11.5 Å². The van der Waals surface area contributed by atoms with E-state index in [1.807, 2.05) is 24.3 Å². The first-order valence-corrected chi connectivity index (χ1v) is 9.74. The Morgan fingerprint density at radius 3 is 2.52 bits per heavy atom. The van der Waals surface area contributed by atoms with Crippen LogP contribution in [-0.4, -0.2) is 22.7 Å². The highest BCUT2D eigenvalue weighted by Crippen LogP contribution is 2.48. The van der Waals surface area contributed by atoms with Crippen LogP contribution in [0.3, 0.4) is 0 Å². The molecule has 0 spiro atoms. The molecule has 1 saturated carbocycles. The second-order valence-corrected chi connectivity index (χ2v) is 7.96. The van der Waals surface area contributed by atoms with Crippen molar-refractivity contribution in [2.24, 2.45) is 0 Å². The molecule has 1 aromatic heterocycles. The summed E-state index contributed by atoms with van der Waals surface area (Å²) in [5.41, 5.74) is 3.95. The maximum Gasteiger partial charge on any atom is 0.260 e. The topological polar surface area (TPSA) is 82.7 Å². The number of anilines is 1. The normalized spacial score (nSPS) is 18.3. The summed E-state index contributed by atoms with van der Waals surface area (Å²) >= 11 is 6.50. The van der Waals surface area contributed by atoms with Crippen molar-refractivity contribution in [3.8, 4) is 11.1 Å². The lowest BCUT2D eigenvalue weighted by atomic mass is 9.93. The number of benzene rings is 2. The number of fused-ring (bicyclic) bond motifs is 1. The van der Waals surface area contributed by atoms with Crippen LogP contribution in [0.25, 0.3) is 22.5 Å². The lowest BCUT2D eigenvalue weighted by Gasteiger charge is -2.14. The highest BCUT2D eigenvalue weighted by Gasteiger charge is 2.43. The number of hydrogen-bond acceptors (Lipinski definition) is 4. The van der Waals surface area contributed by atoms with Crippen LogP contribution in [0.4, 0.5) is 5.69 Å². The van der Waals surface area contributed by atoms with Crippen molar-refractivity contribution < 1.29 is 19.4 Å². The van der Waals surface area contributed by atoms with Gasteiger partial charge in [0.05, 0.1) is 29.2 Å². The van der Waals surface area contributed by atoms with Gasteiger partial charge in [-0.2, -0.15) is 0 Å². The zero-order valence-electron chi connectivity index (χ0n) is 15.4. The van der Waals surface area contributed by atoms with E-state index in [1.165, 1.54) is 6.26 Å². The van der Waals surface area contributed by atoms with E-state index in [0.717, 1.165) is 29.5 Å². The predicted molar refractivity (Wildman–Crippen MR) is 112 cm³/mol. The molecule has 6 heteroatoms. The first-order valence-electron chi connectivity index (χ1n) is 9.36. The Kier molecular flexibility index (Phi) is 4.05. The highest BCUT2D eigenvalue weighted by molar-refractivity contribution is 6.38. The Morgan fingerprint density at radius 2 is 1.90 bits per heavy atom. The number of rotatable bonds is 4. The third kappa shape index (κ3) is 2.85. The largest absolute Gasteiger partial charge is 0.504 e. The van der Waals surface area contributed by atoms with Gasteiger partial charge in [0, 0.05) is 16.5 Å². The molecule has 29 heavy (non-hydrogen) atoms. The number of furan rings is 1. The molecule has 2 heterocycles. The number of amides is 1. The molecular formula is C23H18ClNO4. The number of aliphatic hydroxyl groups is 2. The van der Waals surface area contributed by atoms with Gasteiger partial charge in [-0.05, 0) is 48.2 Å². The predicted octanol–water partition coefficient (Wildman–Crippen LogP) is 5.00. The van der Waals surface area contributed by atoms with E-state index in [0.29, 0.717) is 16.3 Å². The molecule has 0 saturated heterocycles. The molecule has 1 aliphatic heterocycles. The van der Waals surface area contributed by atoms with Crippen molar-refractivity contribution >= 4 is 34.5 Å². The fourth-order valence-corrected chi connectivity index (χ4v) is 4.15. The summed E-state index contributed by atoms with van der Waals surface area (Å²) in [7, 11) is 0. The summed E-state index contributed by atoms with van der Waals surface area (Å²) in [5, 5.41) is 23.5. The summed E-state index contributed by atoms with van der Waals surface area (Å²) in [6.45, 7) is 0.153. The van der Waals surface area contributed by atoms with Gasteiger partial charge in [0.2, 0.25) is 0 Å². The van der Waals surface area contributed by atoms with Crippen LogP contribution >= 0.6 is 11.6 Å². The molecule has 0 bridgehead atoms. The van der Waals surface area contributed by atoms with E-state index in [4.69, 9.17) is 16.0 Å². The Labute approximate surface area is 172 Å². The number of aliphatic hydroxyl groups excluding tert-OH is 2. The van der Waals surface area contributed by atoms with Gasteiger partial charge in [-0.1, -0.05) is 35.9 Å². The highest BCUT2D eigenvalue weighted by atomic mass is 35.5. The maximum atomic E-state index is 12.5. The smallest absolute Gasteiger partial charge is 0.260 e. The molecule has 2 aromatic carbocycles. The van der Waals surface area contributed by atoms with Gasteiger partial charge in [0.1, 0.15) is 0 Å². The zero-order chi connectivity index (χ0) is 20.2. The van der Waals surface area contributed by atoms with Gasteiger partial charge in [0.25, 0.3) is 5.91 Å². The van der Waals surface area contributed by atoms with Crippen LogP contribution in [0, 0.1) is 0 Å². The van der Waals surface area contributed by atoms with E-state index in [1.54, 1.807) is 24.3 Å². The fraction of sp³-hybridized carbons (Fsp3) is 0.174. The Hall–Kier alpha value is -3.02. The molecule has 3 aromatic rings. The molecule has 0 unspecified atom stereocenters. The SMILES string of the molecule is O=C1Nc2cc(Cl)c(-c3ccc(C4(CO)CC4)cc3)cc2/C1=C(/O)c1ccco1. The summed E-state index contributed by atoms with van der Waals surface area (Å²) in [6.07, 6.45) is 3.43. The number of carbonyl (C=O) groups excluding carboxylic acids is 1. The number of carbonyl (C=O) groups is 1. The van der Waals surface area contributed by atoms with Crippen LogP contribution in [0.5, 0.6) is 0 Å². The van der Waals surface area contributed by atoms with E-state index in [9.17, 15) is 15.0 Å². The zero-order valence-corrected chi connectivity index (χ0v) is 16.2. The summed E-state index contributed by atoms with van der Waals surface area (Å²) < 4.78 is 5.24. The number of hydrogen-bond donors (Lipinski definition) is 3. The Morgan fingerprint density at radius 1 is 1.14 bits per heavy atom. The van der Waals surface area contributed by atoms with Crippen LogP contribution < -0.4 is 5.32 Å². The number of nitrogens with one attached hydrogen (secondary N) is 1. The minimum Gasteiger partial charge on any atom is -0.504 e. The van der Waals surface area contributed by atoms with Crippen LogP contribution in [0.1, 0.15) is 29.7 Å². The van der Waals surface area contributed by atoms with Gasteiger partial charge in [-0.3, -0.25) is 4.79 Å². The molecule has 3 N–H and O–H groups in total. The maximum absolute atomic E-state index is 12.5. The third-order valence-electron chi connectivity index (χ3n) is 5.81.